The number of nitrogens with one attached hydrogen (secondary N) is 3. The number of urea groups is 1. The third-order valence-electron chi connectivity index (χ3n) is 4.22. The molecular formula is C17H21N3O5. The zero-order valence-corrected chi connectivity index (χ0v) is 14.1. The number of imide groups is 1. The van der Waals surface area contributed by atoms with E-state index in [0.717, 1.165) is 6.42 Å². The van der Waals surface area contributed by atoms with Crippen molar-refractivity contribution in [3.63, 3.8) is 0 Å². The van der Waals surface area contributed by atoms with Crippen LogP contribution in [-0.2, 0) is 15.1 Å². The number of carbonyl (C=O) groups is 4. The maximum atomic E-state index is 12.2. The van der Waals surface area contributed by atoms with Gasteiger partial charge >= 0.3 is 12.0 Å². The lowest BCUT2D eigenvalue weighted by atomic mass is 9.91. The van der Waals surface area contributed by atoms with Gasteiger partial charge < -0.3 is 15.7 Å². The van der Waals surface area contributed by atoms with Gasteiger partial charge in [-0.3, -0.25) is 14.9 Å². The van der Waals surface area contributed by atoms with Gasteiger partial charge in [0.2, 0.25) is 0 Å². The van der Waals surface area contributed by atoms with Gasteiger partial charge in [-0.25, -0.2) is 9.59 Å². The molecule has 0 radical (unpaired) electrons. The number of carboxylic acids is 1. The van der Waals surface area contributed by atoms with Crippen molar-refractivity contribution < 1.29 is 24.3 Å². The van der Waals surface area contributed by atoms with E-state index in [4.69, 9.17) is 0 Å². The molecule has 1 unspecified atom stereocenters. The third kappa shape index (κ3) is 3.96. The van der Waals surface area contributed by atoms with Crippen molar-refractivity contribution in [2.24, 2.45) is 0 Å². The minimum Gasteiger partial charge on any atom is -0.480 e. The van der Waals surface area contributed by atoms with Crippen LogP contribution >= 0.6 is 0 Å². The van der Waals surface area contributed by atoms with Crippen molar-refractivity contribution in [2.45, 2.75) is 44.7 Å². The SMILES string of the molecule is CCCC[C@H](NC(=O)c1ccc(C2(C)NC(=O)NC2=O)cc1)C(=O)O. The van der Waals surface area contributed by atoms with Crippen LogP contribution in [0.15, 0.2) is 24.3 Å². The first-order valence-corrected chi connectivity index (χ1v) is 8.05. The largest absolute Gasteiger partial charge is 0.480 e. The van der Waals surface area contributed by atoms with E-state index in [2.05, 4.69) is 16.0 Å². The molecule has 4 amide bonds. The van der Waals surface area contributed by atoms with Crippen LogP contribution in [0.25, 0.3) is 0 Å². The Morgan fingerprint density at radius 3 is 2.36 bits per heavy atom. The monoisotopic (exact) mass is 347 g/mol. The molecule has 1 saturated heterocycles. The normalized spacial score (nSPS) is 20.6. The van der Waals surface area contributed by atoms with Crippen LogP contribution in [-0.4, -0.2) is 35.0 Å². The van der Waals surface area contributed by atoms with E-state index in [1.54, 1.807) is 19.1 Å². The maximum absolute atomic E-state index is 12.2. The number of carboxylic acid groups (broad SMARTS) is 1. The smallest absolute Gasteiger partial charge is 0.326 e. The summed E-state index contributed by atoms with van der Waals surface area (Å²) in [6.07, 6.45) is 1.89. The van der Waals surface area contributed by atoms with Gasteiger partial charge in [0, 0.05) is 5.56 Å². The van der Waals surface area contributed by atoms with Crippen LogP contribution in [0.4, 0.5) is 4.79 Å². The number of unbranched alkanes of at least 4 members (excludes halogenated alkanes) is 1. The van der Waals surface area contributed by atoms with Gasteiger partial charge in [-0.15, -0.1) is 0 Å². The molecule has 1 aliphatic heterocycles. The molecule has 25 heavy (non-hydrogen) atoms. The van der Waals surface area contributed by atoms with Gasteiger partial charge in [0.15, 0.2) is 0 Å². The fourth-order valence-electron chi connectivity index (χ4n) is 2.61. The van der Waals surface area contributed by atoms with E-state index in [1.165, 1.54) is 12.1 Å². The molecular weight excluding hydrogens is 326 g/mol. The predicted molar refractivity (Wildman–Crippen MR) is 88.9 cm³/mol. The van der Waals surface area contributed by atoms with Crippen LogP contribution in [0.2, 0.25) is 0 Å². The number of hydrogen-bond donors (Lipinski definition) is 4. The first kappa shape index (κ1) is 18.4. The molecule has 1 heterocycles. The highest BCUT2D eigenvalue weighted by Crippen LogP contribution is 2.24. The molecule has 134 valence electrons. The number of amides is 4. The van der Waals surface area contributed by atoms with E-state index in [0.29, 0.717) is 18.4 Å². The third-order valence-corrected chi connectivity index (χ3v) is 4.22. The van der Waals surface area contributed by atoms with Crippen LogP contribution < -0.4 is 16.0 Å². The van der Waals surface area contributed by atoms with Crippen LogP contribution in [0.1, 0.15) is 49.0 Å². The van der Waals surface area contributed by atoms with Crippen molar-refractivity contribution in [3.05, 3.63) is 35.4 Å². The van der Waals surface area contributed by atoms with Gasteiger partial charge in [0.25, 0.3) is 11.8 Å². The number of carbonyl (C=O) groups excluding carboxylic acids is 3. The Kier molecular flexibility index (Phi) is 5.41. The Hall–Kier alpha value is -2.90. The predicted octanol–water partition coefficient (Wildman–Crippen LogP) is 1.11. The fourth-order valence-corrected chi connectivity index (χ4v) is 2.61. The van der Waals surface area contributed by atoms with Crippen molar-refractivity contribution in [3.8, 4) is 0 Å². The van der Waals surface area contributed by atoms with E-state index >= 15 is 0 Å². The summed E-state index contributed by atoms with van der Waals surface area (Å²) in [6, 6.07) is 4.59. The van der Waals surface area contributed by atoms with E-state index < -0.39 is 35.4 Å². The van der Waals surface area contributed by atoms with Crippen LogP contribution in [0.5, 0.6) is 0 Å². The molecule has 0 spiro atoms. The number of benzene rings is 1. The van der Waals surface area contributed by atoms with E-state index in [9.17, 15) is 24.3 Å². The molecule has 1 aliphatic rings. The fraction of sp³-hybridized carbons (Fsp3) is 0.412. The lowest BCUT2D eigenvalue weighted by Gasteiger charge is -2.21. The second-order valence-electron chi connectivity index (χ2n) is 6.12. The summed E-state index contributed by atoms with van der Waals surface area (Å²) in [5.74, 6) is -2.04. The number of rotatable bonds is 7. The second kappa shape index (κ2) is 7.33. The summed E-state index contributed by atoms with van der Waals surface area (Å²) in [5, 5.41) is 16.4. The first-order chi connectivity index (χ1) is 11.8. The summed E-state index contributed by atoms with van der Waals surface area (Å²) >= 11 is 0. The molecule has 4 N–H and O–H groups in total. The molecule has 0 saturated carbocycles. The lowest BCUT2D eigenvalue weighted by molar-refractivity contribution is -0.139. The van der Waals surface area contributed by atoms with Gasteiger partial charge in [0.1, 0.15) is 11.6 Å². The molecule has 0 aromatic heterocycles. The standard InChI is InChI=1S/C17H21N3O5/c1-3-4-5-12(14(22)23)18-13(21)10-6-8-11(9-7-10)17(2)15(24)19-16(25)20-17/h6-9,12H,3-5H2,1-2H3,(H,18,21)(H,22,23)(H2,19,20,24,25)/t12-,17?/m0/s1. The van der Waals surface area contributed by atoms with Gasteiger partial charge in [0.05, 0.1) is 0 Å². The minimum absolute atomic E-state index is 0.278. The molecule has 1 aromatic rings. The highest BCUT2D eigenvalue weighted by Gasteiger charge is 2.43. The number of aliphatic carboxylic acids is 1. The zero-order chi connectivity index (χ0) is 18.6. The average Bonchev–Trinajstić information content (AvgIpc) is 2.84. The van der Waals surface area contributed by atoms with Crippen molar-refractivity contribution in [1.29, 1.82) is 0 Å². The number of hydrogen-bond acceptors (Lipinski definition) is 4. The molecule has 2 atom stereocenters. The summed E-state index contributed by atoms with van der Waals surface area (Å²) in [5.41, 5.74) is -0.399. The minimum atomic E-state index is -1.20. The summed E-state index contributed by atoms with van der Waals surface area (Å²) in [6.45, 7) is 3.51. The summed E-state index contributed by atoms with van der Waals surface area (Å²) < 4.78 is 0. The van der Waals surface area contributed by atoms with Crippen molar-refractivity contribution >= 4 is 23.8 Å². The second-order valence-corrected chi connectivity index (χ2v) is 6.12. The zero-order valence-electron chi connectivity index (χ0n) is 14.1. The van der Waals surface area contributed by atoms with Gasteiger partial charge in [-0.05, 0) is 31.0 Å². The maximum Gasteiger partial charge on any atom is 0.326 e. The Morgan fingerprint density at radius 2 is 1.88 bits per heavy atom. The van der Waals surface area contributed by atoms with Crippen molar-refractivity contribution in [2.75, 3.05) is 0 Å². The molecule has 1 fully saturated rings. The lowest BCUT2D eigenvalue weighted by Crippen LogP contribution is -2.41. The molecule has 2 rings (SSSR count). The van der Waals surface area contributed by atoms with E-state index in [-0.39, 0.29) is 5.56 Å². The Bertz CT molecular complexity index is 701. The Labute approximate surface area is 145 Å². The van der Waals surface area contributed by atoms with Gasteiger partial charge in [-0.2, -0.15) is 0 Å². The summed E-state index contributed by atoms with van der Waals surface area (Å²) in [4.78, 5) is 46.7. The Balaban J connectivity index is 2.11. The van der Waals surface area contributed by atoms with Gasteiger partial charge in [-0.1, -0.05) is 31.9 Å². The van der Waals surface area contributed by atoms with Crippen LogP contribution in [0.3, 0.4) is 0 Å². The van der Waals surface area contributed by atoms with Crippen LogP contribution in [0, 0.1) is 0 Å². The Morgan fingerprint density at radius 1 is 1.24 bits per heavy atom. The molecule has 1 aromatic carbocycles. The molecule has 0 bridgehead atoms. The molecule has 8 heteroatoms. The molecule has 8 nitrogen and oxygen atoms in total. The van der Waals surface area contributed by atoms with Crippen molar-refractivity contribution in [1.82, 2.24) is 16.0 Å². The highest BCUT2D eigenvalue weighted by atomic mass is 16.4. The summed E-state index contributed by atoms with van der Waals surface area (Å²) in [7, 11) is 0. The average molecular weight is 347 g/mol. The van der Waals surface area contributed by atoms with E-state index in [1.807, 2.05) is 6.92 Å². The quantitative estimate of drug-likeness (QED) is 0.550. The molecule has 0 aliphatic carbocycles. The first-order valence-electron chi connectivity index (χ1n) is 8.05. The topological polar surface area (TPSA) is 125 Å². The highest BCUT2D eigenvalue weighted by molar-refractivity contribution is 6.07.